The molecule has 1 N–H and O–H groups in total. The van der Waals surface area contributed by atoms with E-state index in [0.29, 0.717) is 5.56 Å². The highest BCUT2D eigenvalue weighted by molar-refractivity contribution is 7.08. The first kappa shape index (κ1) is 21.7. The average Bonchev–Trinajstić information content (AvgIpc) is 3.14. The zero-order valence-corrected chi connectivity index (χ0v) is 16.7. The Bertz CT molecular complexity index is 1050. The molecular weight excluding hydrogens is 415 g/mol. The third-order valence-electron chi connectivity index (χ3n) is 4.36. The van der Waals surface area contributed by atoms with Gasteiger partial charge in [0.15, 0.2) is 0 Å². The fraction of sp³-hybridized carbons (Fsp3) is 0.182. The van der Waals surface area contributed by atoms with Crippen LogP contribution in [0, 0.1) is 6.92 Å². The number of benzene rings is 1. The number of esters is 1. The van der Waals surface area contributed by atoms with Crippen LogP contribution in [0.3, 0.4) is 0 Å². The summed E-state index contributed by atoms with van der Waals surface area (Å²) in [4.78, 5) is 16.7. The molecule has 3 rings (SSSR count). The largest absolute Gasteiger partial charge is 0.457 e. The molecule has 1 atom stereocenters. The van der Waals surface area contributed by atoms with Gasteiger partial charge in [-0.05, 0) is 58.6 Å². The number of aryl methyl sites for hydroxylation is 1. The van der Waals surface area contributed by atoms with Crippen LogP contribution < -0.4 is 0 Å². The molecule has 1 aromatic carbocycles. The summed E-state index contributed by atoms with van der Waals surface area (Å²) < 4.78 is 43.9. The van der Waals surface area contributed by atoms with Crippen LogP contribution in [0.5, 0.6) is 0 Å². The third kappa shape index (κ3) is 5.34. The molecule has 4 nitrogen and oxygen atoms in total. The lowest BCUT2D eigenvalue weighted by Crippen LogP contribution is -2.15. The maximum Gasteiger partial charge on any atom is 0.416 e. The Morgan fingerprint density at radius 1 is 1.27 bits per heavy atom. The molecular formula is C22H18F3NO3S. The summed E-state index contributed by atoms with van der Waals surface area (Å²) in [6, 6.07) is 7.81. The van der Waals surface area contributed by atoms with Gasteiger partial charge in [0.2, 0.25) is 0 Å². The van der Waals surface area contributed by atoms with Gasteiger partial charge in [-0.15, -0.1) is 0 Å². The zero-order chi connectivity index (χ0) is 21.7. The maximum atomic E-state index is 12.9. The van der Waals surface area contributed by atoms with Crippen molar-refractivity contribution in [1.29, 1.82) is 0 Å². The van der Waals surface area contributed by atoms with Gasteiger partial charge < -0.3 is 9.84 Å². The monoisotopic (exact) mass is 433 g/mol. The second kappa shape index (κ2) is 9.23. The number of halogens is 3. The molecule has 0 spiro atoms. The summed E-state index contributed by atoms with van der Waals surface area (Å²) in [5, 5.41) is 14.5. The van der Waals surface area contributed by atoms with E-state index in [1.54, 1.807) is 12.1 Å². The summed E-state index contributed by atoms with van der Waals surface area (Å²) in [5.41, 5.74) is 1.40. The van der Waals surface area contributed by atoms with Crippen molar-refractivity contribution < 1.29 is 27.8 Å². The summed E-state index contributed by atoms with van der Waals surface area (Å²) in [7, 11) is 0. The SMILES string of the molecule is Cc1cscc1/C=C(\C(=O)OCc1cccc(C(F)(F)F)c1)C(O)c1cccnc1. The van der Waals surface area contributed by atoms with Crippen molar-refractivity contribution in [3.05, 3.63) is 92.9 Å². The molecule has 156 valence electrons. The number of carbonyl (C=O) groups excluding carboxylic acids is 1. The first-order chi connectivity index (χ1) is 14.3. The Balaban J connectivity index is 1.84. The van der Waals surface area contributed by atoms with Crippen molar-refractivity contribution in [3.8, 4) is 0 Å². The van der Waals surface area contributed by atoms with E-state index in [9.17, 15) is 23.1 Å². The highest BCUT2D eigenvalue weighted by Crippen LogP contribution is 2.30. The second-order valence-electron chi connectivity index (χ2n) is 6.57. The van der Waals surface area contributed by atoms with Crippen LogP contribution in [0.2, 0.25) is 0 Å². The smallest absolute Gasteiger partial charge is 0.416 e. The number of aliphatic hydroxyl groups is 1. The van der Waals surface area contributed by atoms with E-state index in [-0.39, 0.29) is 17.7 Å². The Kier molecular flexibility index (Phi) is 6.69. The Morgan fingerprint density at radius 2 is 2.07 bits per heavy atom. The van der Waals surface area contributed by atoms with Gasteiger partial charge in [0.1, 0.15) is 12.7 Å². The molecule has 0 radical (unpaired) electrons. The number of aromatic nitrogens is 1. The molecule has 0 amide bonds. The topological polar surface area (TPSA) is 59.4 Å². The lowest BCUT2D eigenvalue weighted by molar-refractivity contribution is -0.141. The number of thiophene rings is 1. The third-order valence-corrected chi connectivity index (χ3v) is 5.24. The number of rotatable bonds is 6. The van der Waals surface area contributed by atoms with Gasteiger partial charge in [-0.3, -0.25) is 4.98 Å². The van der Waals surface area contributed by atoms with Gasteiger partial charge >= 0.3 is 12.1 Å². The van der Waals surface area contributed by atoms with Crippen LogP contribution in [0.25, 0.3) is 6.08 Å². The predicted molar refractivity (Wildman–Crippen MR) is 107 cm³/mol. The zero-order valence-electron chi connectivity index (χ0n) is 15.9. The summed E-state index contributed by atoms with van der Waals surface area (Å²) in [6.07, 6.45) is -1.30. The average molecular weight is 433 g/mol. The fourth-order valence-corrected chi connectivity index (χ4v) is 3.53. The van der Waals surface area contributed by atoms with Gasteiger partial charge in [-0.2, -0.15) is 24.5 Å². The van der Waals surface area contributed by atoms with Crippen molar-refractivity contribution in [2.24, 2.45) is 0 Å². The van der Waals surface area contributed by atoms with E-state index in [1.807, 2.05) is 17.7 Å². The number of hydrogen-bond acceptors (Lipinski definition) is 5. The molecule has 0 aliphatic heterocycles. The minimum atomic E-state index is -4.49. The normalized spacial score (nSPS) is 13.2. The minimum Gasteiger partial charge on any atom is -0.457 e. The van der Waals surface area contributed by atoms with E-state index < -0.39 is 23.8 Å². The molecule has 0 bridgehead atoms. The lowest BCUT2D eigenvalue weighted by atomic mass is 10.0. The highest BCUT2D eigenvalue weighted by atomic mass is 32.1. The van der Waals surface area contributed by atoms with Crippen molar-refractivity contribution in [3.63, 3.8) is 0 Å². The number of ether oxygens (including phenoxy) is 1. The van der Waals surface area contributed by atoms with E-state index in [1.165, 1.54) is 41.9 Å². The number of alkyl halides is 3. The minimum absolute atomic E-state index is 0.0310. The highest BCUT2D eigenvalue weighted by Gasteiger charge is 2.30. The molecule has 3 aromatic rings. The van der Waals surface area contributed by atoms with Crippen molar-refractivity contribution in [2.45, 2.75) is 25.8 Å². The molecule has 2 heterocycles. The molecule has 2 aromatic heterocycles. The number of pyridine rings is 1. The van der Waals surface area contributed by atoms with Crippen molar-refractivity contribution >= 4 is 23.4 Å². The number of nitrogens with zero attached hydrogens (tertiary/aromatic N) is 1. The van der Waals surface area contributed by atoms with Crippen LogP contribution in [0.4, 0.5) is 13.2 Å². The van der Waals surface area contributed by atoms with Crippen molar-refractivity contribution in [1.82, 2.24) is 4.98 Å². The molecule has 0 saturated heterocycles. The van der Waals surface area contributed by atoms with Gasteiger partial charge in [0.25, 0.3) is 0 Å². The maximum absolute atomic E-state index is 12.9. The standard InChI is InChI=1S/C22H18F3NO3S/c1-14-12-30-13-17(14)9-19(20(27)16-5-3-7-26-10-16)21(28)29-11-15-4-2-6-18(8-15)22(23,24)25/h2-10,12-13,20,27H,11H2,1H3/b19-9-. The molecule has 1 unspecified atom stereocenters. The lowest BCUT2D eigenvalue weighted by Gasteiger charge is -2.15. The first-order valence-electron chi connectivity index (χ1n) is 8.91. The molecule has 0 saturated carbocycles. The van der Waals surface area contributed by atoms with E-state index in [0.717, 1.165) is 23.3 Å². The van der Waals surface area contributed by atoms with E-state index in [2.05, 4.69) is 4.98 Å². The van der Waals surface area contributed by atoms with Crippen LogP contribution in [-0.2, 0) is 22.3 Å². The van der Waals surface area contributed by atoms with Gasteiger partial charge in [-0.1, -0.05) is 18.2 Å². The van der Waals surface area contributed by atoms with Gasteiger partial charge in [0.05, 0.1) is 11.1 Å². The number of aliphatic hydroxyl groups excluding tert-OH is 1. The summed E-state index contributed by atoms with van der Waals surface area (Å²) in [6.45, 7) is 1.51. The van der Waals surface area contributed by atoms with Gasteiger partial charge in [0, 0.05) is 18.0 Å². The second-order valence-corrected chi connectivity index (χ2v) is 7.32. The molecule has 0 fully saturated rings. The predicted octanol–water partition coefficient (Wildman–Crippen LogP) is 5.33. The summed E-state index contributed by atoms with van der Waals surface area (Å²) >= 11 is 1.44. The van der Waals surface area contributed by atoms with Crippen LogP contribution >= 0.6 is 11.3 Å². The van der Waals surface area contributed by atoms with Crippen LogP contribution in [-0.4, -0.2) is 16.1 Å². The van der Waals surface area contributed by atoms with Crippen molar-refractivity contribution in [2.75, 3.05) is 0 Å². The number of carbonyl (C=O) groups is 1. The number of hydrogen-bond donors (Lipinski definition) is 1. The van der Waals surface area contributed by atoms with Gasteiger partial charge in [-0.25, -0.2) is 4.79 Å². The summed E-state index contributed by atoms with van der Waals surface area (Å²) in [5.74, 6) is -0.825. The first-order valence-corrected chi connectivity index (χ1v) is 9.85. The molecule has 0 aliphatic rings. The molecule has 30 heavy (non-hydrogen) atoms. The molecule has 8 heteroatoms. The van der Waals surface area contributed by atoms with E-state index >= 15 is 0 Å². The van der Waals surface area contributed by atoms with Crippen LogP contribution in [0.1, 0.15) is 33.9 Å². The van der Waals surface area contributed by atoms with E-state index in [4.69, 9.17) is 4.74 Å². The molecule has 0 aliphatic carbocycles. The quantitative estimate of drug-likeness (QED) is 0.422. The Hall–Kier alpha value is -2.97. The Labute approximate surface area is 175 Å². The fourth-order valence-electron chi connectivity index (χ4n) is 2.72. The van der Waals surface area contributed by atoms with Crippen LogP contribution in [0.15, 0.2) is 65.1 Å². The Morgan fingerprint density at radius 3 is 2.70 bits per heavy atom.